The lowest BCUT2D eigenvalue weighted by Gasteiger charge is -2.40. The van der Waals surface area contributed by atoms with Gasteiger partial charge in [-0.25, -0.2) is 4.99 Å². The van der Waals surface area contributed by atoms with E-state index in [-0.39, 0.29) is 23.8 Å². The van der Waals surface area contributed by atoms with Crippen LogP contribution in [-0.2, 0) is 9.53 Å². The highest BCUT2D eigenvalue weighted by atomic mass is 35.5. The van der Waals surface area contributed by atoms with Crippen LogP contribution in [0.2, 0.25) is 0 Å². The quantitative estimate of drug-likeness (QED) is 0.651. The Labute approximate surface area is 181 Å². The van der Waals surface area contributed by atoms with Gasteiger partial charge >= 0.3 is 0 Å². The molecular formula is C23H38ClN3O2. The lowest BCUT2D eigenvalue weighted by atomic mass is 9.75. The molecule has 2 heterocycles. The normalized spacial score (nSPS) is 29.6. The first kappa shape index (κ1) is 22.6. The van der Waals surface area contributed by atoms with Crippen LogP contribution >= 0.6 is 11.6 Å². The number of rotatable bonds is 6. The van der Waals surface area contributed by atoms with Crippen LogP contribution in [-0.4, -0.2) is 54.9 Å². The predicted molar refractivity (Wildman–Crippen MR) is 119 cm³/mol. The molecule has 5 nitrogen and oxygen atoms in total. The minimum Gasteiger partial charge on any atom is -0.484 e. The smallest absolute Gasteiger partial charge is 0.239 e. The molecule has 2 fully saturated rings. The number of amides is 1. The first-order valence-electron chi connectivity index (χ1n) is 11.4. The first-order valence-corrected chi connectivity index (χ1v) is 11.9. The van der Waals surface area contributed by atoms with Crippen molar-refractivity contribution in [1.82, 2.24) is 10.2 Å². The van der Waals surface area contributed by atoms with Gasteiger partial charge in [-0.1, -0.05) is 19.9 Å². The minimum atomic E-state index is -0.151. The van der Waals surface area contributed by atoms with Gasteiger partial charge in [0.15, 0.2) is 5.90 Å². The fraction of sp³-hybridized carbons (Fsp3) is 0.826. The molecular weight excluding hydrogens is 386 g/mol. The van der Waals surface area contributed by atoms with Gasteiger partial charge in [-0.2, -0.15) is 0 Å². The standard InChI is InChI=1S/C23H38ClN3O2/c1-16(2)21(26-15-19-5-4-12-25-22(19)29-3)23(28)27-13-10-18(11-14-27)17-6-8-20(24)9-7-17/h4,12,16-21,26H,5-11,13-15H2,1-3H3/t17?,19?,20?,21-/m1/s1. The number of alkyl halides is 1. The van der Waals surface area contributed by atoms with Crippen molar-refractivity contribution >= 4 is 23.4 Å². The van der Waals surface area contributed by atoms with E-state index in [1.54, 1.807) is 13.3 Å². The summed E-state index contributed by atoms with van der Waals surface area (Å²) in [6.07, 6.45) is 11.9. The molecule has 0 aromatic carbocycles. The third-order valence-corrected chi connectivity index (χ3v) is 7.46. The highest BCUT2D eigenvalue weighted by Crippen LogP contribution is 2.37. The van der Waals surface area contributed by atoms with Crippen LogP contribution in [0.3, 0.4) is 0 Å². The zero-order chi connectivity index (χ0) is 20.8. The van der Waals surface area contributed by atoms with Gasteiger partial charge in [0.05, 0.1) is 19.1 Å². The van der Waals surface area contributed by atoms with Gasteiger partial charge in [-0.3, -0.25) is 4.79 Å². The number of methoxy groups -OCH3 is 1. The summed E-state index contributed by atoms with van der Waals surface area (Å²) in [6.45, 7) is 6.75. The van der Waals surface area contributed by atoms with Crippen molar-refractivity contribution in [3.05, 3.63) is 12.3 Å². The van der Waals surface area contributed by atoms with Crippen molar-refractivity contribution in [2.24, 2.45) is 28.7 Å². The summed E-state index contributed by atoms with van der Waals surface area (Å²) in [5, 5.41) is 3.91. The summed E-state index contributed by atoms with van der Waals surface area (Å²) < 4.78 is 5.40. The number of carbonyl (C=O) groups excluding carboxylic acids is 1. The van der Waals surface area contributed by atoms with Crippen LogP contribution in [0.5, 0.6) is 0 Å². The fourth-order valence-electron chi connectivity index (χ4n) is 5.16. The van der Waals surface area contributed by atoms with Gasteiger partial charge in [0.25, 0.3) is 0 Å². The van der Waals surface area contributed by atoms with Crippen LogP contribution < -0.4 is 5.32 Å². The number of allylic oxidation sites excluding steroid dienone is 1. The fourth-order valence-corrected chi connectivity index (χ4v) is 5.41. The molecule has 2 aliphatic heterocycles. The summed E-state index contributed by atoms with van der Waals surface area (Å²) in [5.41, 5.74) is 0. The van der Waals surface area contributed by atoms with E-state index in [1.807, 2.05) is 0 Å². The van der Waals surface area contributed by atoms with Crippen molar-refractivity contribution in [3.63, 3.8) is 0 Å². The SMILES string of the molecule is COC1=NC=CCC1CN[C@@H](C(=O)N1CCC(C2CCC(Cl)CC2)CC1)C(C)C. The Kier molecular flexibility index (Phi) is 8.43. The third-order valence-electron chi connectivity index (χ3n) is 7.02. The molecule has 0 spiro atoms. The molecule has 29 heavy (non-hydrogen) atoms. The Morgan fingerprint density at radius 1 is 1.21 bits per heavy atom. The van der Waals surface area contributed by atoms with Crippen LogP contribution in [0, 0.1) is 23.7 Å². The van der Waals surface area contributed by atoms with E-state index in [0.29, 0.717) is 11.9 Å². The predicted octanol–water partition coefficient (Wildman–Crippen LogP) is 4.22. The summed E-state index contributed by atoms with van der Waals surface area (Å²) in [7, 11) is 1.67. The van der Waals surface area contributed by atoms with Crippen LogP contribution in [0.1, 0.15) is 58.8 Å². The first-order chi connectivity index (χ1) is 14.0. The Hall–Kier alpha value is -1.07. The Morgan fingerprint density at radius 2 is 1.86 bits per heavy atom. The molecule has 3 rings (SSSR count). The molecule has 1 saturated carbocycles. The molecule has 0 radical (unpaired) electrons. The zero-order valence-electron chi connectivity index (χ0n) is 18.3. The van der Waals surface area contributed by atoms with Gasteiger partial charge in [0.1, 0.15) is 0 Å². The average Bonchev–Trinajstić information content (AvgIpc) is 2.74. The molecule has 6 heteroatoms. The number of hydrogen-bond acceptors (Lipinski definition) is 4. The summed E-state index contributed by atoms with van der Waals surface area (Å²) in [6, 6.07) is -0.151. The van der Waals surface area contributed by atoms with Crippen molar-refractivity contribution in [3.8, 4) is 0 Å². The Bertz CT molecular complexity index is 591. The number of halogens is 1. The van der Waals surface area contributed by atoms with Gasteiger partial charge < -0.3 is 15.0 Å². The number of aliphatic imine (C=N–C) groups is 1. The van der Waals surface area contributed by atoms with Crippen molar-refractivity contribution in [1.29, 1.82) is 0 Å². The highest BCUT2D eigenvalue weighted by Gasteiger charge is 2.34. The highest BCUT2D eigenvalue weighted by molar-refractivity contribution is 6.20. The van der Waals surface area contributed by atoms with Crippen molar-refractivity contribution < 1.29 is 9.53 Å². The number of nitrogens with one attached hydrogen (secondary N) is 1. The second-order valence-electron chi connectivity index (χ2n) is 9.29. The zero-order valence-corrected chi connectivity index (χ0v) is 19.0. The van der Waals surface area contributed by atoms with E-state index < -0.39 is 0 Å². The maximum atomic E-state index is 13.3. The van der Waals surface area contributed by atoms with E-state index in [2.05, 4.69) is 35.1 Å². The molecule has 3 aliphatic rings. The summed E-state index contributed by atoms with van der Waals surface area (Å²) in [4.78, 5) is 19.7. The molecule has 1 aliphatic carbocycles. The van der Waals surface area contributed by atoms with Gasteiger partial charge in [0.2, 0.25) is 5.91 Å². The van der Waals surface area contributed by atoms with Crippen molar-refractivity contribution in [2.75, 3.05) is 26.7 Å². The second kappa shape index (κ2) is 10.8. The molecule has 1 N–H and O–H groups in total. The van der Waals surface area contributed by atoms with E-state index >= 15 is 0 Å². The molecule has 0 aromatic rings. The van der Waals surface area contributed by atoms with Crippen molar-refractivity contribution in [2.45, 2.75) is 70.2 Å². The van der Waals surface area contributed by atoms with Crippen LogP contribution in [0.4, 0.5) is 0 Å². The van der Waals surface area contributed by atoms with E-state index in [1.165, 1.54) is 12.8 Å². The molecule has 1 amide bonds. The monoisotopic (exact) mass is 423 g/mol. The third kappa shape index (κ3) is 5.97. The number of ether oxygens (including phenoxy) is 1. The summed E-state index contributed by atoms with van der Waals surface area (Å²) in [5.74, 6) is 3.03. The maximum absolute atomic E-state index is 13.3. The number of nitrogens with zero attached hydrogens (tertiary/aromatic N) is 2. The van der Waals surface area contributed by atoms with Gasteiger partial charge in [0, 0.05) is 31.2 Å². The number of likely N-dealkylation sites (tertiary alicyclic amines) is 1. The molecule has 2 atom stereocenters. The minimum absolute atomic E-state index is 0.151. The molecule has 164 valence electrons. The molecule has 0 bridgehead atoms. The van der Waals surface area contributed by atoms with E-state index in [4.69, 9.17) is 16.3 Å². The molecule has 1 unspecified atom stereocenters. The molecule has 0 aromatic heterocycles. The largest absolute Gasteiger partial charge is 0.484 e. The molecule has 1 saturated heterocycles. The number of piperidine rings is 1. The summed E-state index contributed by atoms with van der Waals surface area (Å²) >= 11 is 6.28. The topological polar surface area (TPSA) is 53.9 Å². The lowest BCUT2D eigenvalue weighted by Crippen LogP contribution is -2.53. The maximum Gasteiger partial charge on any atom is 0.239 e. The van der Waals surface area contributed by atoms with Crippen LogP contribution in [0.25, 0.3) is 0 Å². The number of carbonyl (C=O) groups is 1. The van der Waals surface area contributed by atoms with E-state index in [0.717, 1.165) is 62.9 Å². The Balaban J connectivity index is 1.49. The van der Waals surface area contributed by atoms with E-state index in [9.17, 15) is 4.79 Å². The van der Waals surface area contributed by atoms with Gasteiger partial charge in [-0.05, 0) is 62.7 Å². The average molecular weight is 424 g/mol. The number of hydrogen-bond donors (Lipinski definition) is 1. The van der Waals surface area contributed by atoms with Crippen LogP contribution in [0.15, 0.2) is 17.3 Å². The lowest BCUT2D eigenvalue weighted by molar-refractivity contribution is -0.136. The second-order valence-corrected chi connectivity index (χ2v) is 9.91. The Morgan fingerprint density at radius 3 is 2.48 bits per heavy atom. The van der Waals surface area contributed by atoms with Gasteiger partial charge in [-0.15, -0.1) is 11.6 Å².